The van der Waals surface area contributed by atoms with Crippen LogP contribution in [0.15, 0.2) is 0 Å². The molecule has 0 radical (unpaired) electrons. The summed E-state index contributed by atoms with van der Waals surface area (Å²) in [6.45, 7) is 10.5. The fourth-order valence-electron chi connectivity index (χ4n) is 3.32. The van der Waals surface area contributed by atoms with Gasteiger partial charge in [-0.15, -0.1) is 37.2 Å². The zero-order valence-electron chi connectivity index (χ0n) is 15.6. The van der Waals surface area contributed by atoms with E-state index in [-0.39, 0.29) is 49.2 Å². The summed E-state index contributed by atoms with van der Waals surface area (Å²) in [6.07, 6.45) is -0.307. The van der Waals surface area contributed by atoms with Gasteiger partial charge in [0.15, 0.2) is 0 Å². The predicted molar refractivity (Wildman–Crippen MR) is 109 cm³/mol. The van der Waals surface area contributed by atoms with Crippen LogP contribution in [0.2, 0.25) is 0 Å². The zero-order valence-corrected chi connectivity index (χ0v) is 18.0. The van der Waals surface area contributed by atoms with Crippen molar-refractivity contribution >= 4 is 43.1 Å². The molecular weight excluding hydrogens is 401 g/mol. The molecule has 1 unspecified atom stereocenters. The second-order valence-corrected chi connectivity index (χ2v) is 6.44. The third-order valence-electron chi connectivity index (χ3n) is 4.93. The molecule has 3 heterocycles. The molecule has 1 aromatic heterocycles. The zero-order chi connectivity index (χ0) is 16.4. The number of nitrogens with zero attached hydrogens (tertiary/aromatic N) is 4. The number of nitrogens with one attached hydrogen (secondary N) is 1. The highest BCUT2D eigenvalue weighted by Gasteiger charge is 2.29. The highest BCUT2D eigenvalue weighted by Crippen LogP contribution is 2.16. The molecule has 1 aromatic rings. The first-order chi connectivity index (χ1) is 11.1. The highest BCUT2D eigenvalue weighted by molar-refractivity contribution is 5.86. The van der Waals surface area contributed by atoms with Gasteiger partial charge in [-0.3, -0.25) is 14.4 Å². The van der Waals surface area contributed by atoms with Gasteiger partial charge in [0.05, 0.1) is 12.3 Å². The SMILES string of the molecule is Cc1nn(C)c(C)c1CN1CCN(C(=O)C2CNCCO2)CC1.Cl.Cl.Cl. The number of aromatic nitrogens is 2. The summed E-state index contributed by atoms with van der Waals surface area (Å²) in [4.78, 5) is 16.8. The minimum absolute atomic E-state index is 0. The van der Waals surface area contributed by atoms with Crippen molar-refractivity contribution in [2.24, 2.45) is 7.05 Å². The molecule has 26 heavy (non-hydrogen) atoms. The Morgan fingerprint density at radius 2 is 1.85 bits per heavy atom. The van der Waals surface area contributed by atoms with E-state index in [4.69, 9.17) is 4.74 Å². The Morgan fingerprint density at radius 3 is 2.35 bits per heavy atom. The molecule has 1 N–H and O–H groups in total. The first-order valence-corrected chi connectivity index (χ1v) is 8.39. The van der Waals surface area contributed by atoms with Crippen LogP contribution in [0.3, 0.4) is 0 Å². The van der Waals surface area contributed by atoms with Gasteiger partial charge >= 0.3 is 0 Å². The molecule has 7 nitrogen and oxygen atoms in total. The fourth-order valence-corrected chi connectivity index (χ4v) is 3.32. The van der Waals surface area contributed by atoms with Gasteiger partial charge in [-0.2, -0.15) is 5.10 Å². The molecule has 2 aliphatic heterocycles. The van der Waals surface area contributed by atoms with E-state index < -0.39 is 0 Å². The monoisotopic (exact) mass is 429 g/mol. The quantitative estimate of drug-likeness (QED) is 0.773. The topological polar surface area (TPSA) is 62.6 Å². The molecule has 0 saturated carbocycles. The molecule has 3 rings (SSSR count). The number of halogens is 3. The maximum Gasteiger partial charge on any atom is 0.253 e. The van der Waals surface area contributed by atoms with Crippen LogP contribution < -0.4 is 5.32 Å². The van der Waals surface area contributed by atoms with Gasteiger partial charge in [0, 0.05) is 64.1 Å². The third-order valence-corrected chi connectivity index (χ3v) is 4.93. The maximum atomic E-state index is 12.5. The van der Waals surface area contributed by atoms with Gasteiger partial charge in [-0.1, -0.05) is 0 Å². The molecule has 152 valence electrons. The fraction of sp³-hybridized carbons (Fsp3) is 0.750. The molecule has 2 aliphatic rings. The number of piperazine rings is 1. The standard InChI is InChI=1S/C16H27N5O2.3ClH/c1-12-14(13(2)19(3)18-12)11-20-5-7-21(8-6-20)16(22)15-10-17-4-9-23-15;;;/h15,17H,4-11H2,1-3H3;3*1H. The van der Waals surface area contributed by atoms with Crippen molar-refractivity contribution in [1.29, 1.82) is 0 Å². The van der Waals surface area contributed by atoms with E-state index in [9.17, 15) is 4.79 Å². The van der Waals surface area contributed by atoms with Gasteiger partial charge < -0.3 is 15.0 Å². The summed E-state index contributed by atoms with van der Waals surface area (Å²) in [6, 6.07) is 0. The van der Waals surface area contributed by atoms with E-state index in [2.05, 4.69) is 29.2 Å². The summed E-state index contributed by atoms with van der Waals surface area (Å²) in [7, 11) is 1.99. The molecule has 10 heteroatoms. The number of hydrogen-bond donors (Lipinski definition) is 1. The molecule has 0 spiro atoms. The van der Waals surface area contributed by atoms with E-state index >= 15 is 0 Å². The molecule has 1 atom stereocenters. The Balaban J connectivity index is 0.00000208. The van der Waals surface area contributed by atoms with Crippen molar-refractivity contribution in [3.05, 3.63) is 17.0 Å². The number of rotatable bonds is 3. The first-order valence-electron chi connectivity index (χ1n) is 8.39. The van der Waals surface area contributed by atoms with Gasteiger partial charge in [-0.05, 0) is 13.8 Å². The second kappa shape index (κ2) is 11.3. The van der Waals surface area contributed by atoms with Crippen LogP contribution in [0, 0.1) is 13.8 Å². The van der Waals surface area contributed by atoms with Crippen LogP contribution in [-0.4, -0.2) is 77.5 Å². The number of ether oxygens (including phenoxy) is 1. The number of carbonyl (C=O) groups excluding carboxylic acids is 1. The molecular formula is C16H30Cl3N5O2. The lowest BCUT2D eigenvalue weighted by atomic mass is 10.1. The van der Waals surface area contributed by atoms with Crippen LogP contribution in [0.5, 0.6) is 0 Å². The lowest BCUT2D eigenvalue weighted by molar-refractivity contribution is -0.147. The number of aryl methyl sites for hydroxylation is 2. The molecule has 0 aromatic carbocycles. The normalized spacial score (nSPS) is 20.6. The summed E-state index contributed by atoms with van der Waals surface area (Å²) >= 11 is 0. The van der Waals surface area contributed by atoms with Crippen molar-refractivity contribution in [2.75, 3.05) is 45.9 Å². The molecule has 0 aliphatic carbocycles. The first kappa shape index (κ1) is 25.4. The molecule has 2 saturated heterocycles. The number of amides is 1. The number of morpholine rings is 1. The summed E-state index contributed by atoms with van der Waals surface area (Å²) < 4.78 is 7.51. The predicted octanol–water partition coefficient (Wildman–Crippen LogP) is 0.935. The summed E-state index contributed by atoms with van der Waals surface area (Å²) in [5.74, 6) is 0.130. The summed E-state index contributed by atoms with van der Waals surface area (Å²) in [5, 5.41) is 7.70. The average Bonchev–Trinajstić information content (AvgIpc) is 2.82. The largest absolute Gasteiger partial charge is 0.366 e. The van der Waals surface area contributed by atoms with Crippen molar-refractivity contribution in [3.8, 4) is 0 Å². The molecule has 1 amide bonds. The average molecular weight is 431 g/mol. The number of carbonyl (C=O) groups is 1. The van der Waals surface area contributed by atoms with Crippen LogP contribution in [-0.2, 0) is 23.1 Å². The van der Waals surface area contributed by atoms with Gasteiger partial charge in [0.25, 0.3) is 5.91 Å². The van der Waals surface area contributed by atoms with E-state index in [0.29, 0.717) is 13.2 Å². The van der Waals surface area contributed by atoms with Crippen LogP contribution in [0.1, 0.15) is 17.0 Å². The van der Waals surface area contributed by atoms with Gasteiger partial charge in [-0.25, -0.2) is 0 Å². The minimum Gasteiger partial charge on any atom is -0.366 e. The Kier molecular flexibility index (Phi) is 11.1. The lowest BCUT2D eigenvalue weighted by Crippen LogP contribution is -2.54. The van der Waals surface area contributed by atoms with E-state index in [1.54, 1.807) is 0 Å². The van der Waals surface area contributed by atoms with E-state index in [1.165, 1.54) is 11.3 Å². The molecule has 2 fully saturated rings. The van der Waals surface area contributed by atoms with Crippen molar-refractivity contribution in [3.63, 3.8) is 0 Å². The number of hydrogen-bond acceptors (Lipinski definition) is 5. The smallest absolute Gasteiger partial charge is 0.253 e. The Hall–Kier alpha value is -0.570. The van der Waals surface area contributed by atoms with Crippen LogP contribution in [0.4, 0.5) is 0 Å². The van der Waals surface area contributed by atoms with E-state index in [1.807, 2.05) is 16.6 Å². The maximum absolute atomic E-state index is 12.5. The van der Waals surface area contributed by atoms with Gasteiger partial charge in [0.1, 0.15) is 6.10 Å². The van der Waals surface area contributed by atoms with Crippen molar-refractivity contribution in [2.45, 2.75) is 26.5 Å². The van der Waals surface area contributed by atoms with Crippen molar-refractivity contribution < 1.29 is 9.53 Å². The highest BCUT2D eigenvalue weighted by atomic mass is 35.5. The van der Waals surface area contributed by atoms with Crippen LogP contribution in [0.25, 0.3) is 0 Å². The minimum atomic E-state index is -0.307. The molecule has 0 bridgehead atoms. The Morgan fingerprint density at radius 1 is 1.19 bits per heavy atom. The van der Waals surface area contributed by atoms with Gasteiger partial charge in [0.2, 0.25) is 0 Å². The second-order valence-electron chi connectivity index (χ2n) is 6.44. The summed E-state index contributed by atoms with van der Waals surface area (Å²) in [5.41, 5.74) is 3.64. The Labute approximate surface area is 174 Å². The van der Waals surface area contributed by atoms with Crippen molar-refractivity contribution in [1.82, 2.24) is 24.9 Å². The Bertz CT molecular complexity index is 570. The third kappa shape index (κ3) is 5.71. The lowest BCUT2D eigenvalue weighted by Gasteiger charge is -2.37. The van der Waals surface area contributed by atoms with E-state index in [0.717, 1.165) is 45.0 Å². The van der Waals surface area contributed by atoms with Crippen LogP contribution >= 0.6 is 37.2 Å².